The number of amides is 1. The van der Waals surface area contributed by atoms with E-state index in [0.29, 0.717) is 19.7 Å². The molecule has 24 heavy (non-hydrogen) atoms. The van der Waals surface area contributed by atoms with E-state index in [2.05, 4.69) is 20.7 Å². The molecule has 2 aromatic rings. The lowest BCUT2D eigenvalue weighted by molar-refractivity contribution is -0.123. The van der Waals surface area contributed by atoms with Crippen LogP contribution in [-0.2, 0) is 16.1 Å². The van der Waals surface area contributed by atoms with Crippen LogP contribution in [0, 0.1) is 0 Å². The normalized spacial score (nSPS) is 19.7. The number of nitrogens with zero attached hydrogens (tertiary/aromatic N) is 3. The van der Waals surface area contributed by atoms with Crippen LogP contribution in [0.4, 0.5) is 5.69 Å². The molecule has 1 aromatic heterocycles. The van der Waals surface area contributed by atoms with Crippen molar-refractivity contribution >= 4 is 36.4 Å². The van der Waals surface area contributed by atoms with Crippen LogP contribution in [0.25, 0.3) is 0 Å². The van der Waals surface area contributed by atoms with Gasteiger partial charge in [0, 0.05) is 12.2 Å². The maximum Gasteiger partial charge on any atom is 0.244 e. The molecule has 0 saturated carbocycles. The third kappa shape index (κ3) is 5.17. The summed E-state index contributed by atoms with van der Waals surface area (Å²) in [7, 11) is 0. The highest BCUT2D eigenvalue weighted by atomic mass is 35.5. The van der Waals surface area contributed by atoms with Crippen molar-refractivity contribution in [2.24, 2.45) is 0 Å². The number of halogens is 2. The van der Waals surface area contributed by atoms with E-state index < -0.39 is 0 Å². The number of morpholine rings is 1. The molecule has 2 N–H and O–H groups in total. The first kappa shape index (κ1) is 20.4. The molecule has 0 bridgehead atoms. The van der Waals surface area contributed by atoms with Crippen molar-refractivity contribution in [1.29, 1.82) is 0 Å². The van der Waals surface area contributed by atoms with Crippen molar-refractivity contribution < 1.29 is 9.53 Å². The lowest BCUT2D eigenvalue weighted by Gasteiger charge is -2.29. The molecule has 1 saturated heterocycles. The van der Waals surface area contributed by atoms with Gasteiger partial charge in [0.15, 0.2) is 0 Å². The zero-order valence-corrected chi connectivity index (χ0v) is 14.8. The number of nitrogens with one attached hydrogen (secondary N) is 2. The quantitative estimate of drug-likeness (QED) is 0.848. The molecule has 7 nitrogen and oxygen atoms in total. The van der Waals surface area contributed by atoms with E-state index in [-0.39, 0.29) is 42.9 Å². The second kappa shape index (κ2) is 9.58. The molecule has 0 spiro atoms. The highest BCUT2D eigenvalue weighted by molar-refractivity contribution is 5.95. The molecule has 1 aliphatic heterocycles. The largest absolute Gasteiger partial charge is 0.375 e. The Labute approximate surface area is 153 Å². The number of anilines is 1. The third-order valence-electron chi connectivity index (χ3n) is 3.60. The Hall–Kier alpha value is -1.67. The number of carbonyl (C=O) groups is 1. The molecule has 2 heterocycles. The van der Waals surface area contributed by atoms with Crippen LogP contribution in [0.1, 0.15) is 12.5 Å². The predicted molar refractivity (Wildman–Crippen MR) is 95.9 cm³/mol. The van der Waals surface area contributed by atoms with Gasteiger partial charge in [-0.3, -0.25) is 4.79 Å². The van der Waals surface area contributed by atoms with E-state index in [9.17, 15) is 4.79 Å². The van der Waals surface area contributed by atoms with Crippen molar-refractivity contribution in [3.63, 3.8) is 0 Å². The molecule has 0 radical (unpaired) electrons. The van der Waals surface area contributed by atoms with Crippen LogP contribution in [-0.4, -0.2) is 46.0 Å². The number of hydrogen-bond acceptors (Lipinski definition) is 5. The predicted octanol–water partition coefficient (Wildman–Crippen LogP) is 1.49. The molecule has 1 aliphatic rings. The first-order valence-electron chi connectivity index (χ1n) is 7.29. The van der Waals surface area contributed by atoms with Gasteiger partial charge in [0.1, 0.15) is 18.7 Å². The lowest BCUT2D eigenvalue weighted by atomic mass is 10.1. The Morgan fingerprint density at radius 2 is 2.29 bits per heavy atom. The van der Waals surface area contributed by atoms with Crippen molar-refractivity contribution in [3.05, 3.63) is 42.5 Å². The van der Waals surface area contributed by atoms with E-state index in [0.717, 1.165) is 11.3 Å². The zero-order chi connectivity index (χ0) is 15.4. The lowest BCUT2D eigenvalue weighted by Crippen LogP contribution is -2.53. The van der Waals surface area contributed by atoms with Gasteiger partial charge < -0.3 is 15.4 Å². The zero-order valence-electron chi connectivity index (χ0n) is 13.2. The molecule has 9 heteroatoms. The van der Waals surface area contributed by atoms with E-state index in [1.807, 2.05) is 31.2 Å². The number of benzene rings is 1. The van der Waals surface area contributed by atoms with Gasteiger partial charge in [-0.1, -0.05) is 12.1 Å². The fraction of sp³-hybridized carbons (Fsp3) is 0.400. The third-order valence-corrected chi connectivity index (χ3v) is 3.60. The van der Waals surface area contributed by atoms with Gasteiger partial charge in [0.2, 0.25) is 5.91 Å². The van der Waals surface area contributed by atoms with E-state index >= 15 is 0 Å². The summed E-state index contributed by atoms with van der Waals surface area (Å²) in [6, 6.07) is 7.39. The van der Waals surface area contributed by atoms with Gasteiger partial charge in [0.05, 0.1) is 19.3 Å². The Balaban J connectivity index is 0.00000144. The van der Waals surface area contributed by atoms with Crippen LogP contribution in [0.2, 0.25) is 0 Å². The van der Waals surface area contributed by atoms with Gasteiger partial charge >= 0.3 is 0 Å². The minimum absolute atomic E-state index is 0. The Bertz CT molecular complexity index is 639. The number of aromatic nitrogens is 3. The Kier molecular flexibility index (Phi) is 8.14. The number of ether oxygens (including phenoxy) is 1. The summed E-state index contributed by atoms with van der Waals surface area (Å²) in [5.41, 5.74) is 1.81. The van der Waals surface area contributed by atoms with Crippen molar-refractivity contribution in [3.8, 4) is 0 Å². The van der Waals surface area contributed by atoms with Crippen molar-refractivity contribution in [2.45, 2.75) is 25.6 Å². The highest BCUT2D eigenvalue weighted by Gasteiger charge is 2.28. The van der Waals surface area contributed by atoms with Gasteiger partial charge in [0.25, 0.3) is 0 Å². The first-order chi connectivity index (χ1) is 10.7. The minimum Gasteiger partial charge on any atom is -0.375 e. The number of rotatable bonds is 4. The summed E-state index contributed by atoms with van der Waals surface area (Å²) >= 11 is 0. The maximum atomic E-state index is 12.3. The van der Waals surface area contributed by atoms with E-state index in [4.69, 9.17) is 4.74 Å². The van der Waals surface area contributed by atoms with Crippen molar-refractivity contribution in [2.75, 3.05) is 18.5 Å². The smallest absolute Gasteiger partial charge is 0.244 e. The van der Waals surface area contributed by atoms with Gasteiger partial charge in [-0.25, -0.2) is 9.67 Å². The van der Waals surface area contributed by atoms with Crippen LogP contribution in [0.15, 0.2) is 36.9 Å². The highest BCUT2D eigenvalue weighted by Crippen LogP contribution is 2.13. The number of hydrogen-bond donors (Lipinski definition) is 2. The monoisotopic (exact) mass is 373 g/mol. The van der Waals surface area contributed by atoms with Crippen molar-refractivity contribution in [1.82, 2.24) is 20.1 Å². The summed E-state index contributed by atoms with van der Waals surface area (Å²) in [4.78, 5) is 16.2. The fourth-order valence-corrected chi connectivity index (χ4v) is 2.50. The van der Waals surface area contributed by atoms with E-state index in [1.54, 1.807) is 11.0 Å². The summed E-state index contributed by atoms with van der Waals surface area (Å²) in [5, 5.41) is 10.2. The Morgan fingerprint density at radius 1 is 1.46 bits per heavy atom. The molecule has 1 fully saturated rings. The van der Waals surface area contributed by atoms with Crippen LogP contribution >= 0.6 is 24.8 Å². The minimum atomic E-state index is -0.326. The molecule has 3 rings (SSSR count). The molecule has 2 atom stereocenters. The molecule has 0 unspecified atom stereocenters. The second-order valence-electron chi connectivity index (χ2n) is 5.29. The topological polar surface area (TPSA) is 81.1 Å². The summed E-state index contributed by atoms with van der Waals surface area (Å²) < 4.78 is 7.24. The number of carbonyl (C=O) groups excluding carboxylic acids is 1. The molecule has 1 aromatic carbocycles. The molecule has 132 valence electrons. The molecular formula is C15H21Cl2N5O2. The standard InChI is InChI=1S/C15H19N5O2.2ClH/c1-11-14(17-5-6-22-11)15(21)19-13-4-2-3-12(7-13)8-20-10-16-9-18-20;;/h2-4,7,9-11,14,17H,5-6,8H2,1H3,(H,19,21);2*1H/t11-,14+;;/m1../s1. The molecule has 1 amide bonds. The van der Waals surface area contributed by atoms with Crippen LogP contribution in [0.3, 0.4) is 0 Å². The summed E-state index contributed by atoms with van der Waals surface area (Å²) in [6.07, 6.45) is 3.03. The molecular weight excluding hydrogens is 353 g/mol. The van der Waals surface area contributed by atoms with Crippen LogP contribution < -0.4 is 10.6 Å². The summed E-state index contributed by atoms with van der Waals surface area (Å²) in [5.74, 6) is -0.0786. The van der Waals surface area contributed by atoms with Gasteiger partial charge in [-0.15, -0.1) is 24.8 Å². The average molecular weight is 374 g/mol. The average Bonchev–Trinajstić information content (AvgIpc) is 3.01. The SMILES string of the molecule is C[C@H]1OCCN[C@@H]1C(=O)Nc1cccc(Cn2cncn2)c1.Cl.Cl. The molecule has 0 aliphatic carbocycles. The Morgan fingerprint density at radius 3 is 3.00 bits per heavy atom. The maximum absolute atomic E-state index is 12.3. The van der Waals surface area contributed by atoms with Crippen LogP contribution in [0.5, 0.6) is 0 Å². The van der Waals surface area contributed by atoms with Gasteiger partial charge in [-0.2, -0.15) is 5.10 Å². The summed E-state index contributed by atoms with van der Waals surface area (Å²) in [6.45, 7) is 3.84. The second-order valence-corrected chi connectivity index (χ2v) is 5.29. The van der Waals surface area contributed by atoms with Gasteiger partial charge in [-0.05, 0) is 24.6 Å². The van der Waals surface area contributed by atoms with E-state index in [1.165, 1.54) is 6.33 Å². The first-order valence-corrected chi connectivity index (χ1v) is 7.29. The fourth-order valence-electron chi connectivity index (χ4n) is 2.50.